The summed E-state index contributed by atoms with van der Waals surface area (Å²) in [6.45, 7) is 2.43. The van der Waals surface area contributed by atoms with E-state index in [9.17, 15) is 28.4 Å². The summed E-state index contributed by atoms with van der Waals surface area (Å²) < 4.78 is 29.4. The number of carbonyl (C=O) groups excluding carboxylic acids is 1. The Balaban J connectivity index is 1.47. The minimum Gasteiger partial charge on any atom is -0.492 e. The van der Waals surface area contributed by atoms with Gasteiger partial charge in [0.1, 0.15) is 5.82 Å². The second-order valence-electron chi connectivity index (χ2n) is 11.0. The molecule has 43 heavy (non-hydrogen) atoms. The van der Waals surface area contributed by atoms with Gasteiger partial charge in [-0.25, -0.2) is 8.42 Å². The lowest BCUT2D eigenvalue weighted by molar-refractivity contribution is 0.0966. The van der Waals surface area contributed by atoms with E-state index in [1.165, 1.54) is 16.7 Å². The Morgan fingerprint density at radius 1 is 1.09 bits per heavy atom. The Labute approximate surface area is 249 Å². The first-order valence-corrected chi connectivity index (χ1v) is 15.8. The number of sulfone groups is 1. The number of aromatic nitrogens is 2. The Hall–Kier alpha value is -4.75. The number of amides is 1. The summed E-state index contributed by atoms with van der Waals surface area (Å²) in [5, 5.41) is 23.3. The van der Waals surface area contributed by atoms with Crippen LogP contribution in [0.5, 0.6) is 5.88 Å². The first-order valence-electron chi connectivity index (χ1n) is 14.3. The molecule has 2 heterocycles. The summed E-state index contributed by atoms with van der Waals surface area (Å²) in [5.41, 5.74) is 3.07. The molecule has 1 fully saturated rings. The van der Waals surface area contributed by atoms with Gasteiger partial charge < -0.3 is 10.4 Å². The van der Waals surface area contributed by atoms with Crippen molar-refractivity contribution < 1.29 is 18.3 Å². The molecule has 2 N–H and O–H groups in total. The maximum atomic E-state index is 14.2. The van der Waals surface area contributed by atoms with Gasteiger partial charge in [0.2, 0.25) is 15.7 Å². The molecule has 0 radical (unpaired) electrons. The summed E-state index contributed by atoms with van der Waals surface area (Å²) in [4.78, 5) is 30.0. The van der Waals surface area contributed by atoms with Gasteiger partial charge in [-0.15, -0.1) is 0 Å². The molecule has 1 aliphatic carbocycles. The SMILES string of the molecule is CCCCc1nc(O)c(S(=O)(=O)c2ccc(-c3cccc4c3C(=O)NC4)cc2)c(=O)n1C(c1cccc(C#N)c1)C1CC1. The quantitative estimate of drug-likeness (QED) is 0.281. The van der Waals surface area contributed by atoms with E-state index in [4.69, 9.17) is 0 Å². The normalized spacial score (nSPS) is 15.0. The van der Waals surface area contributed by atoms with E-state index in [1.807, 2.05) is 25.1 Å². The summed E-state index contributed by atoms with van der Waals surface area (Å²) >= 11 is 0. The molecule has 2 aliphatic rings. The zero-order valence-electron chi connectivity index (χ0n) is 23.6. The van der Waals surface area contributed by atoms with E-state index < -0.39 is 32.2 Å². The van der Waals surface area contributed by atoms with Crippen LogP contribution in [0.25, 0.3) is 11.1 Å². The Kier molecular flexibility index (Phi) is 7.36. The van der Waals surface area contributed by atoms with Gasteiger partial charge in [0.25, 0.3) is 11.5 Å². The van der Waals surface area contributed by atoms with Crippen molar-refractivity contribution in [2.75, 3.05) is 0 Å². The van der Waals surface area contributed by atoms with Gasteiger partial charge in [-0.05, 0) is 71.7 Å². The van der Waals surface area contributed by atoms with Crippen molar-refractivity contribution in [2.45, 2.75) is 61.4 Å². The largest absolute Gasteiger partial charge is 0.492 e. The summed E-state index contributed by atoms with van der Waals surface area (Å²) in [6, 6.07) is 20.0. The lowest BCUT2D eigenvalue weighted by Crippen LogP contribution is -2.34. The van der Waals surface area contributed by atoms with Crippen LogP contribution < -0.4 is 10.9 Å². The predicted octanol–water partition coefficient (Wildman–Crippen LogP) is 4.91. The molecule has 1 aromatic heterocycles. The van der Waals surface area contributed by atoms with Crippen molar-refractivity contribution in [2.24, 2.45) is 5.92 Å². The lowest BCUT2D eigenvalue weighted by atomic mass is 9.97. The molecule has 1 aliphatic heterocycles. The summed E-state index contributed by atoms with van der Waals surface area (Å²) in [5.74, 6) is -0.631. The van der Waals surface area contributed by atoms with Crippen LogP contribution in [0.4, 0.5) is 0 Å². The van der Waals surface area contributed by atoms with Crippen LogP contribution in [-0.2, 0) is 22.8 Å². The Morgan fingerprint density at radius 3 is 2.53 bits per heavy atom. The van der Waals surface area contributed by atoms with E-state index >= 15 is 0 Å². The molecule has 6 rings (SSSR count). The second kappa shape index (κ2) is 11.2. The molecule has 9 nitrogen and oxygen atoms in total. The van der Waals surface area contributed by atoms with E-state index in [0.717, 1.165) is 30.4 Å². The Morgan fingerprint density at radius 2 is 1.84 bits per heavy atom. The molecule has 10 heteroatoms. The number of nitriles is 1. The monoisotopic (exact) mass is 594 g/mol. The average Bonchev–Trinajstić information content (AvgIpc) is 3.78. The molecular formula is C33H30N4O5S. The highest BCUT2D eigenvalue weighted by Crippen LogP contribution is 2.44. The lowest BCUT2D eigenvalue weighted by Gasteiger charge is -2.24. The molecular weight excluding hydrogens is 564 g/mol. The summed E-state index contributed by atoms with van der Waals surface area (Å²) in [6.07, 6.45) is 3.56. The number of hydrogen-bond donors (Lipinski definition) is 2. The number of carbonyl (C=O) groups is 1. The van der Waals surface area contributed by atoms with Gasteiger partial charge in [-0.2, -0.15) is 10.2 Å². The van der Waals surface area contributed by atoms with Crippen LogP contribution >= 0.6 is 0 Å². The van der Waals surface area contributed by atoms with Crippen LogP contribution in [0.1, 0.15) is 71.5 Å². The number of aryl methyl sites for hydroxylation is 1. The van der Waals surface area contributed by atoms with Gasteiger partial charge in [0.05, 0.1) is 28.1 Å². The van der Waals surface area contributed by atoms with E-state index in [-0.39, 0.29) is 16.7 Å². The third kappa shape index (κ3) is 5.10. The van der Waals surface area contributed by atoms with E-state index in [2.05, 4.69) is 16.4 Å². The van der Waals surface area contributed by atoms with Crippen LogP contribution in [0.15, 0.2) is 81.3 Å². The van der Waals surface area contributed by atoms with Crippen LogP contribution in [0.2, 0.25) is 0 Å². The average molecular weight is 595 g/mol. The Bertz CT molecular complexity index is 1950. The molecule has 1 saturated carbocycles. The number of rotatable bonds is 9. The number of aromatic hydroxyl groups is 1. The first kappa shape index (κ1) is 28.4. The third-order valence-electron chi connectivity index (χ3n) is 8.15. The molecule has 1 atom stereocenters. The van der Waals surface area contributed by atoms with Gasteiger partial charge in [0, 0.05) is 13.0 Å². The van der Waals surface area contributed by atoms with Gasteiger partial charge >= 0.3 is 0 Å². The molecule has 0 saturated heterocycles. The fourth-order valence-electron chi connectivity index (χ4n) is 5.87. The second-order valence-corrected chi connectivity index (χ2v) is 12.9. The highest BCUT2D eigenvalue weighted by atomic mass is 32.2. The maximum absolute atomic E-state index is 14.2. The van der Waals surface area contributed by atoms with Crippen molar-refractivity contribution in [3.63, 3.8) is 0 Å². The first-order chi connectivity index (χ1) is 20.7. The maximum Gasteiger partial charge on any atom is 0.277 e. The van der Waals surface area contributed by atoms with Gasteiger partial charge in [0.15, 0.2) is 4.90 Å². The molecule has 1 amide bonds. The van der Waals surface area contributed by atoms with E-state index in [1.54, 1.807) is 36.4 Å². The van der Waals surface area contributed by atoms with Gasteiger partial charge in [-0.1, -0.05) is 55.8 Å². The zero-order valence-corrected chi connectivity index (χ0v) is 24.4. The van der Waals surface area contributed by atoms with Crippen molar-refractivity contribution in [1.29, 1.82) is 5.26 Å². The fraction of sp³-hybridized carbons (Fsp3) is 0.273. The van der Waals surface area contributed by atoms with Crippen molar-refractivity contribution >= 4 is 15.7 Å². The predicted molar refractivity (Wildman–Crippen MR) is 159 cm³/mol. The number of nitrogens with one attached hydrogen (secondary N) is 1. The molecule has 1 unspecified atom stereocenters. The minimum atomic E-state index is -4.49. The highest BCUT2D eigenvalue weighted by Gasteiger charge is 2.38. The van der Waals surface area contributed by atoms with E-state index in [0.29, 0.717) is 47.5 Å². The number of fused-ring (bicyclic) bond motifs is 1. The topological polar surface area (TPSA) is 142 Å². The highest BCUT2D eigenvalue weighted by molar-refractivity contribution is 7.91. The van der Waals surface area contributed by atoms with Crippen molar-refractivity contribution in [3.05, 3.63) is 105 Å². The van der Waals surface area contributed by atoms with Gasteiger partial charge in [-0.3, -0.25) is 14.2 Å². The van der Waals surface area contributed by atoms with Crippen molar-refractivity contribution in [1.82, 2.24) is 14.9 Å². The molecule has 218 valence electrons. The molecule has 4 aromatic rings. The van der Waals surface area contributed by atoms with Crippen LogP contribution in [-0.4, -0.2) is 29.0 Å². The number of unbranched alkanes of at least 4 members (excludes halogenated alkanes) is 1. The third-order valence-corrected chi connectivity index (χ3v) is 9.94. The van der Waals surface area contributed by atoms with Crippen LogP contribution in [0, 0.1) is 17.2 Å². The summed E-state index contributed by atoms with van der Waals surface area (Å²) in [7, 11) is -4.49. The smallest absolute Gasteiger partial charge is 0.277 e. The molecule has 0 bridgehead atoms. The minimum absolute atomic E-state index is 0.0676. The molecule has 3 aromatic carbocycles. The fourth-order valence-corrected chi connectivity index (χ4v) is 7.21. The van der Waals surface area contributed by atoms with Crippen molar-refractivity contribution in [3.8, 4) is 23.1 Å². The standard InChI is InChI=1S/C33H30N4O5S/c1-2-3-10-27-36-32(39)30(33(40)37(27)29(22-11-12-22)23-7-4-6-20(17-23)18-34)43(41,42)25-15-13-21(14-16-25)26-9-5-8-24-19-35-31(38)28(24)26/h4-9,13-17,22,29,39H,2-3,10-12,19H2,1H3,(H,35,38). The number of nitrogens with zero attached hydrogens (tertiary/aromatic N) is 3. The number of benzene rings is 3. The zero-order chi connectivity index (χ0) is 30.3. The number of hydrogen-bond acceptors (Lipinski definition) is 7. The van der Waals surface area contributed by atoms with Crippen LogP contribution in [0.3, 0.4) is 0 Å². The molecule has 0 spiro atoms.